The fraction of sp³-hybridized carbons (Fsp3) is 0.294. The lowest BCUT2D eigenvalue weighted by Gasteiger charge is -2.36. The normalized spacial score (nSPS) is 18.2. The highest BCUT2D eigenvalue weighted by atomic mass is 79.9. The zero-order chi connectivity index (χ0) is 14.1. The summed E-state index contributed by atoms with van der Waals surface area (Å²) in [6.07, 6.45) is 1.93. The van der Waals surface area contributed by atoms with Crippen LogP contribution in [0.15, 0.2) is 46.9 Å². The summed E-state index contributed by atoms with van der Waals surface area (Å²) < 4.78 is 14.2. The van der Waals surface area contributed by atoms with E-state index in [0.29, 0.717) is 16.4 Å². The monoisotopic (exact) mass is 333 g/mol. The number of rotatable bonds is 4. The molecule has 0 fully saturated rings. The Morgan fingerprint density at radius 1 is 1.25 bits per heavy atom. The van der Waals surface area contributed by atoms with Gasteiger partial charge in [0, 0.05) is 12.0 Å². The summed E-state index contributed by atoms with van der Waals surface area (Å²) in [5.41, 5.74) is 3.89. The highest BCUT2D eigenvalue weighted by Crippen LogP contribution is 2.38. The summed E-state index contributed by atoms with van der Waals surface area (Å²) in [5.74, 6) is 0.331. The quantitative estimate of drug-likeness (QED) is 0.889. The van der Waals surface area contributed by atoms with Crippen molar-refractivity contribution in [3.8, 4) is 0 Å². The largest absolute Gasteiger partial charge is 0.316 e. The summed E-state index contributed by atoms with van der Waals surface area (Å²) >= 11 is 3.36. The Hall–Kier alpha value is -1.19. The average Bonchev–Trinajstić information content (AvgIpc) is 2.43. The van der Waals surface area contributed by atoms with Crippen LogP contribution >= 0.6 is 15.9 Å². The molecule has 3 rings (SSSR count). The van der Waals surface area contributed by atoms with Gasteiger partial charge in [-0.2, -0.15) is 0 Å². The molecule has 0 aromatic heterocycles. The molecule has 0 aliphatic heterocycles. The number of likely N-dealkylation sites (N-methyl/N-ethyl adjacent to an activating group) is 1. The lowest BCUT2D eigenvalue weighted by atomic mass is 9.72. The summed E-state index contributed by atoms with van der Waals surface area (Å²) in [5, 5.41) is 3.40. The van der Waals surface area contributed by atoms with Gasteiger partial charge in [-0.1, -0.05) is 36.4 Å². The standard InChI is InChI=1S/C17H17BrFN/c1-20-16(10-12-6-4-8-15(19)17(12)18)14-9-11-5-2-3-7-13(11)14/h2-8,14,16,20H,9-10H2,1H3. The van der Waals surface area contributed by atoms with Gasteiger partial charge in [0.15, 0.2) is 0 Å². The van der Waals surface area contributed by atoms with E-state index in [1.54, 1.807) is 6.07 Å². The fourth-order valence-electron chi connectivity index (χ4n) is 3.05. The first-order chi connectivity index (χ1) is 9.70. The van der Waals surface area contributed by atoms with Crippen LogP contribution in [0.2, 0.25) is 0 Å². The Kier molecular flexibility index (Phi) is 3.90. The van der Waals surface area contributed by atoms with E-state index in [2.05, 4.69) is 45.5 Å². The van der Waals surface area contributed by atoms with Crippen LogP contribution in [0.4, 0.5) is 4.39 Å². The van der Waals surface area contributed by atoms with E-state index in [-0.39, 0.29) is 5.82 Å². The summed E-state index contributed by atoms with van der Waals surface area (Å²) in [4.78, 5) is 0. The minimum absolute atomic E-state index is 0.189. The summed E-state index contributed by atoms with van der Waals surface area (Å²) in [6.45, 7) is 0. The Bertz CT molecular complexity index is 626. The van der Waals surface area contributed by atoms with Crippen molar-refractivity contribution in [3.63, 3.8) is 0 Å². The van der Waals surface area contributed by atoms with Crippen molar-refractivity contribution >= 4 is 15.9 Å². The van der Waals surface area contributed by atoms with Crippen molar-refractivity contribution in [1.29, 1.82) is 0 Å². The van der Waals surface area contributed by atoms with Crippen LogP contribution in [-0.2, 0) is 12.8 Å². The van der Waals surface area contributed by atoms with Gasteiger partial charge < -0.3 is 5.32 Å². The smallest absolute Gasteiger partial charge is 0.137 e. The number of benzene rings is 2. The topological polar surface area (TPSA) is 12.0 Å². The molecule has 1 aliphatic carbocycles. The maximum Gasteiger partial charge on any atom is 0.137 e. The molecule has 0 radical (unpaired) electrons. The lowest BCUT2D eigenvalue weighted by Crippen LogP contribution is -2.39. The lowest BCUT2D eigenvalue weighted by molar-refractivity contribution is 0.421. The Morgan fingerprint density at radius 2 is 2.05 bits per heavy atom. The number of hydrogen-bond donors (Lipinski definition) is 1. The van der Waals surface area contributed by atoms with Crippen LogP contribution < -0.4 is 5.32 Å². The van der Waals surface area contributed by atoms with Gasteiger partial charge >= 0.3 is 0 Å². The van der Waals surface area contributed by atoms with E-state index in [1.165, 1.54) is 17.2 Å². The van der Waals surface area contributed by atoms with Gasteiger partial charge in [-0.25, -0.2) is 4.39 Å². The van der Waals surface area contributed by atoms with Gasteiger partial charge in [0.2, 0.25) is 0 Å². The van der Waals surface area contributed by atoms with Crippen molar-refractivity contribution in [2.45, 2.75) is 24.8 Å². The second-order valence-electron chi connectivity index (χ2n) is 5.32. The number of halogens is 2. The summed E-state index contributed by atoms with van der Waals surface area (Å²) in [6, 6.07) is 14.2. The van der Waals surface area contributed by atoms with Crippen LogP contribution in [0, 0.1) is 5.82 Å². The molecule has 1 N–H and O–H groups in total. The molecule has 0 spiro atoms. The molecule has 104 valence electrons. The first-order valence-electron chi connectivity index (χ1n) is 6.88. The van der Waals surface area contributed by atoms with E-state index in [4.69, 9.17) is 0 Å². The van der Waals surface area contributed by atoms with Gasteiger partial charge in [0.25, 0.3) is 0 Å². The maximum atomic E-state index is 13.6. The molecule has 2 aromatic rings. The molecular weight excluding hydrogens is 317 g/mol. The Balaban J connectivity index is 1.81. The highest BCUT2D eigenvalue weighted by Gasteiger charge is 2.32. The van der Waals surface area contributed by atoms with Crippen LogP contribution in [0.25, 0.3) is 0 Å². The van der Waals surface area contributed by atoms with Crippen LogP contribution in [0.1, 0.15) is 22.6 Å². The van der Waals surface area contributed by atoms with E-state index in [0.717, 1.165) is 18.4 Å². The molecule has 20 heavy (non-hydrogen) atoms. The number of fused-ring (bicyclic) bond motifs is 1. The van der Waals surface area contributed by atoms with Gasteiger partial charge in [-0.3, -0.25) is 0 Å². The SMILES string of the molecule is CNC(Cc1cccc(F)c1Br)C1Cc2ccccc21. The van der Waals surface area contributed by atoms with Gasteiger partial charge in [-0.05, 0) is 58.6 Å². The van der Waals surface area contributed by atoms with Gasteiger partial charge in [0.05, 0.1) is 4.47 Å². The molecule has 2 aromatic carbocycles. The third-order valence-electron chi connectivity index (χ3n) is 4.22. The molecule has 1 aliphatic rings. The molecule has 2 unspecified atom stereocenters. The number of nitrogens with one attached hydrogen (secondary N) is 1. The van der Waals surface area contributed by atoms with Crippen molar-refractivity contribution < 1.29 is 4.39 Å². The Morgan fingerprint density at radius 3 is 2.80 bits per heavy atom. The minimum atomic E-state index is -0.189. The second-order valence-corrected chi connectivity index (χ2v) is 6.11. The molecule has 0 bridgehead atoms. The van der Waals surface area contributed by atoms with E-state index in [9.17, 15) is 4.39 Å². The molecule has 2 atom stereocenters. The fourth-order valence-corrected chi connectivity index (χ4v) is 3.47. The van der Waals surface area contributed by atoms with Crippen LogP contribution in [-0.4, -0.2) is 13.1 Å². The van der Waals surface area contributed by atoms with Crippen LogP contribution in [0.3, 0.4) is 0 Å². The van der Waals surface area contributed by atoms with Crippen LogP contribution in [0.5, 0.6) is 0 Å². The van der Waals surface area contributed by atoms with Crippen molar-refractivity contribution in [2.24, 2.45) is 0 Å². The molecule has 3 heteroatoms. The molecule has 0 amide bonds. The molecule has 0 saturated heterocycles. The van der Waals surface area contributed by atoms with Crippen molar-refractivity contribution in [1.82, 2.24) is 5.32 Å². The highest BCUT2D eigenvalue weighted by molar-refractivity contribution is 9.10. The van der Waals surface area contributed by atoms with Gasteiger partial charge in [0.1, 0.15) is 5.82 Å². The molecular formula is C17H17BrFN. The van der Waals surface area contributed by atoms with Gasteiger partial charge in [-0.15, -0.1) is 0 Å². The third-order valence-corrected chi connectivity index (χ3v) is 5.11. The number of hydrogen-bond acceptors (Lipinski definition) is 1. The van der Waals surface area contributed by atoms with E-state index >= 15 is 0 Å². The van der Waals surface area contributed by atoms with E-state index in [1.807, 2.05) is 13.1 Å². The minimum Gasteiger partial charge on any atom is -0.316 e. The first kappa shape index (κ1) is 13.8. The predicted molar refractivity (Wildman–Crippen MR) is 83.5 cm³/mol. The maximum absolute atomic E-state index is 13.6. The average molecular weight is 334 g/mol. The predicted octanol–water partition coefficient (Wildman–Crippen LogP) is 4.06. The first-order valence-corrected chi connectivity index (χ1v) is 7.68. The zero-order valence-corrected chi connectivity index (χ0v) is 13.0. The van der Waals surface area contributed by atoms with Crippen molar-refractivity contribution in [3.05, 3.63) is 69.4 Å². The second kappa shape index (κ2) is 5.66. The van der Waals surface area contributed by atoms with Crippen molar-refractivity contribution in [2.75, 3.05) is 7.05 Å². The van der Waals surface area contributed by atoms with E-state index < -0.39 is 0 Å². The third kappa shape index (κ3) is 2.40. The zero-order valence-electron chi connectivity index (χ0n) is 11.4. The molecule has 1 nitrogen and oxygen atoms in total. The molecule has 0 saturated carbocycles. The molecule has 0 heterocycles. The summed E-state index contributed by atoms with van der Waals surface area (Å²) in [7, 11) is 1.98. The Labute approximate surface area is 127 Å².